The number of carbonyl (C=O) groups is 2. The molecule has 0 atom stereocenters. The Kier molecular flexibility index (Phi) is 6.32. The standard InChI is InChI=1S/C24H21N3O4S/c1-15-21(16(2)31-27-15)14-30-20-10-8-17(9-11-20)23(28)25-18-5-3-6-19(13-18)26-24(29)22-7-4-12-32-22/h3-13H,14H2,1-2H3,(H,25,28)(H,26,29). The average Bonchev–Trinajstić information content (AvgIpc) is 3.43. The number of carbonyl (C=O) groups excluding carboxylic acids is 2. The SMILES string of the molecule is Cc1noc(C)c1COc1ccc(C(=O)Nc2cccc(NC(=O)c3cccs3)c2)cc1. The summed E-state index contributed by atoms with van der Waals surface area (Å²) >= 11 is 1.37. The molecule has 0 aliphatic rings. The topological polar surface area (TPSA) is 93.5 Å². The lowest BCUT2D eigenvalue weighted by Gasteiger charge is -2.09. The number of aromatic nitrogens is 1. The van der Waals surface area contributed by atoms with Gasteiger partial charge < -0.3 is 19.9 Å². The lowest BCUT2D eigenvalue weighted by Crippen LogP contribution is -2.13. The molecule has 0 unspecified atom stereocenters. The monoisotopic (exact) mass is 447 g/mol. The number of ether oxygens (including phenoxy) is 1. The highest BCUT2D eigenvalue weighted by atomic mass is 32.1. The Morgan fingerprint density at radius 1 is 0.969 bits per heavy atom. The smallest absolute Gasteiger partial charge is 0.265 e. The molecule has 0 aliphatic heterocycles. The third-order valence-corrected chi connectivity index (χ3v) is 5.67. The number of benzene rings is 2. The van der Waals surface area contributed by atoms with Gasteiger partial charge in [-0.25, -0.2) is 0 Å². The predicted octanol–water partition coefficient (Wildman–Crippen LogP) is 5.44. The van der Waals surface area contributed by atoms with Crippen LogP contribution in [-0.2, 0) is 6.61 Å². The van der Waals surface area contributed by atoms with Gasteiger partial charge in [0.15, 0.2) is 0 Å². The van der Waals surface area contributed by atoms with Crippen LogP contribution >= 0.6 is 11.3 Å². The second-order valence-electron chi connectivity index (χ2n) is 7.08. The Morgan fingerprint density at radius 3 is 2.31 bits per heavy atom. The maximum absolute atomic E-state index is 12.6. The van der Waals surface area contributed by atoms with E-state index in [4.69, 9.17) is 9.26 Å². The first-order chi connectivity index (χ1) is 15.5. The number of hydrogen-bond acceptors (Lipinski definition) is 6. The molecule has 2 aromatic heterocycles. The van der Waals surface area contributed by atoms with Gasteiger partial charge in [0, 0.05) is 16.9 Å². The third kappa shape index (κ3) is 5.04. The highest BCUT2D eigenvalue weighted by molar-refractivity contribution is 7.12. The first-order valence-electron chi connectivity index (χ1n) is 9.90. The summed E-state index contributed by atoms with van der Waals surface area (Å²) in [5.74, 6) is 0.923. The Balaban J connectivity index is 1.36. The van der Waals surface area contributed by atoms with Crippen molar-refractivity contribution in [2.75, 3.05) is 10.6 Å². The van der Waals surface area contributed by atoms with Crippen LogP contribution in [0.15, 0.2) is 70.6 Å². The van der Waals surface area contributed by atoms with Crippen molar-refractivity contribution in [1.29, 1.82) is 0 Å². The Labute approximate surface area is 189 Å². The zero-order valence-corrected chi connectivity index (χ0v) is 18.4. The summed E-state index contributed by atoms with van der Waals surface area (Å²) in [7, 11) is 0. The zero-order chi connectivity index (χ0) is 22.5. The molecule has 8 heteroatoms. The second-order valence-corrected chi connectivity index (χ2v) is 8.03. The van der Waals surface area contributed by atoms with E-state index in [1.165, 1.54) is 11.3 Å². The highest BCUT2D eigenvalue weighted by Gasteiger charge is 2.11. The fourth-order valence-corrected chi connectivity index (χ4v) is 3.66. The molecule has 7 nitrogen and oxygen atoms in total. The molecule has 2 heterocycles. The molecule has 2 N–H and O–H groups in total. The Morgan fingerprint density at radius 2 is 1.69 bits per heavy atom. The van der Waals surface area contributed by atoms with Gasteiger partial charge in [0.25, 0.3) is 11.8 Å². The van der Waals surface area contributed by atoms with Gasteiger partial charge >= 0.3 is 0 Å². The van der Waals surface area contributed by atoms with Gasteiger partial charge in [0.05, 0.1) is 16.1 Å². The van der Waals surface area contributed by atoms with E-state index >= 15 is 0 Å². The molecule has 2 amide bonds. The van der Waals surface area contributed by atoms with Crippen LogP contribution in [0.25, 0.3) is 0 Å². The van der Waals surface area contributed by atoms with Crippen LogP contribution in [0.1, 0.15) is 37.0 Å². The Bertz CT molecular complexity index is 1210. The van der Waals surface area contributed by atoms with E-state index in [0.29, 0.717) is 34.2 Å². The average molecular weight is 448 g/mol. The minimum Gasteiger partial charge on any atom is -0.489 e. The van der Waals surface area contributed by atoms with Crippen molar-refractivity contribution in [2.45, 2.75) is 20.5 Å². The van der Waals surface area contributed by atoms with Crippen molar-refractivity contribution in [3.63, 3.8) is 0 Å². The highest BCUT2D eigenvalue weighted by Crippen LogP contribution is 2.20. The van der Waals surface area contributed by atoms with Crippen LogP contribution in [0, 0.1) is 13.8 Å². The van der Waals surface area contributed by atoms with E-state index in [2.05, 4.69) is 15.8 Å². The van der Waals surface area contributed by atoms with Crippen molar-refractivity contribution < 1.29 is 18.8 Å². The van der Waals surface area contributed by atoms with Gasteiger partial charge in [-0.15, -0.1) is 11.3 Å². The lowest BCUT2D eigenvalue weighted by molar-refractivity contribution is 0.102. The number of amides is 2. The van der Waals surface area contributed by atoms with Crippen LogP contribution in [0.3, 0.4) is 0 Å². The summed E-state index contributed by atoms with van der Waals surface area (Å²) in [6.45, 7) is 4.05. The summed E-state index contributed by atoms with van der Waals surface area (Å²) in [5, 5.41) is 11.4. The molecule has 162 valence electrons. The maximum Gasteiger partial charge on any atom is 0.265 e. The summed E-state index contributed by atoms with van der Waals surface area (Å²) in [6.07, 6.45) is 0. The molecule has 0 saturated carbocycles. The molecule has 0 saturated heterocycles. The van der Waals surface area contributed by atoms with Crippen molar-refractivity contribution in [1.82, 2.24) is 5.16 Å². The molecule has 0 radical (unpaired) electrons. The minimum absolute atomic E-state index is 0.185. The van der Waals surface area contributed by atoms with Crippen LogP contribution < -0.4 is 15.4 Å². The number of hydrogen-bond donors (Lipinski definition) is 2. The quantitative estimate of drug-likeness (QED) is 0.394. The largest absolute Gasteiger partial charge is 0.489 e. The number of aryl methyl sites for hydroxylation is 2. The first-order valence-corrected chi connectivity index (χ1v) is 10.8. The van der Waals surface area contributed by atoms with Crippen LogP contribution in [-0.4, -0.2) is 17.0 Å². The number of thiophene rings is 1. The van der Waals surface area contributed by atoms with Crippen molar-refractivity contribution >= 4 is 34.5 Å². The Hall–Kier alpha value is -3.91. The molecular weight excluding hydrogens is 426 g/mol. The molecule has 32 heavy (non-hydrogen) atoms. The van der Waals surface area contributed by atoms with Crippen molar-refractivity contribution in [2.24, 2.45) is 0 Å². The third-order valence-electron chi connectivity index (χ3n) is 4.80. The fourth-order valence-electron chi connectivity index (χ4n) is 3.04. The van der Waals surface area contributed by atoms with Crippen LogP contribution in [0.4, 0.5) is 11.4 Å². The summed E-state index contributed by atoms with van der Waals surface area (Å²) in [5.41, 5.74) is 3.38. The minimum atomic E-state index is -0.260. The van der Waals surface area contributed by atoms with Gasteiger partial charge in [-0.3, -0.25) is 9.59 Å². The summed E-state index contributed by atoms with van der Waals surface area (Å²) in [4.78, 5) is 25.5. The molecule has 0 aliphatic carbocycles. The number of nitrogens with one attached hydrogen (secondary N) is 2. The molecule has 2 aromatic carbocycles. The molecular formula is C24H21N3O4S. The van der Waals surface area contributed by atoms with Gasteiger partial charge in [-0.2, -0.15) is 0 Å². The lowest BCUT2D eigenvalue weighted by atomic mass is 10.2. The second kappa shape index (κ2) is 9.49. The normalized spacial score (nSPS) is 10.6. The molecule has 4 rings (SSSR count). The molecule has 0 fully saturated rings. The maximum atomic E-state index is 12.6. The molecule has 0 spiro atoms. The zero-order valence-electron chi connectivity index (χ0n) is 17.5. The van der Waals surface area contributed by atoms with E-state index in [1.807, 2.05) is 25.3 Å². The molecule has 4 aromatic rings. The van der Waals surface area contributed by atoms with E-state index < -0.39 is 0 Å². The van der Waals surface area contributed by atoms with E-state index in [-0.39, 0.29) is 11.8 Å². The van der Waals surface area contributed by atoms with Crippen LogP contribution in [0.2, 0.25) is 0 Å². The van der Waals surface area contributed by atoms with Gasteiger partial charge in [0.2, 0.25) is 0 Å². The summed E-state index contributed by atoms with van der Waals surface area (Å²) < 4.78 is 10.9. The van der Waals surface area contributed by atoms with Gasteiger partial charge in [0.1, 0.15) is 18.1 Å². The summed E-state index contributed by atoms with van der Waals surface area (Å²) in [6, 6.07) is 17.5. The molecule has 0 bridgehead atoms. The predicted molar refractivity (Wildman–Crippen MR) is 123 cm³/mol. The van der Waals surface area contributed by atoms with Gasteiger partial charge in [-0.1, -0.05) is 17.3 Å². The van der Waals surface area contributed by atoms with E-state index in [1.54, 1.807) is 54.6 Å². The van der Waals surface area contributed by atoms with Crippen molar-refractivity contribution in [3.8, 4) is 5.75 Å². The van der Waals surface area contributed by atoms with Crippen molar-refractivity contribution in [3.05, 3.63) is 93.5 Å². The van der Waals surface area contributed by atoms with Gasteiger partial charge in [-0.05, 0) is 67.8 Å². The van der Waals surface area contributed by atoms with E-state index in [9.17, 15) is 9.59 Å². The number of anilines is 2. The number of nitrogens with zero attached hydrogens (tertiary/aromatic N) is 1. The van der Waals surface area contributed by atoms with Crippen LogP contribution in [0.5, 0.6) is 5.75 Å². The fraction of sp³-hybridized carbons (Fsp3) is 0.125. The van der Waals surface area contributed by atoms with E-state index in [0.717, 1.165) is 17.0 Å². The first kappa shape index (κ1) is 21.3. The number of rotatable bonds is 7.